The SMILES string of the molecule is C[C@@H](C(=O)OC[C@H](O)CO)c1ccc(-c2ccccc2)cc1. The Morgan fingerprint density at radius 1 is 1.05 bits per heavy atom. The van der Waals surface area contributed by atoms with Gasteiger partial charge in [-0.15, -0.1) is 0 Å². The van der Waals surface area contributed by atoms with Crippen LogP contribution >= 0.6 is 0 Å². The molecule has 0 aliphatic rings. The number of hydrogen-bond donors (Lipinski definition) is 2. The average Bonchev–Trinajstić information content (AvgIpc) is 2.59. The fourth-order valence-electron chi connectivity index (χ4n) is 2.09. The molecule has 0 bridgehead atoms. The summed E-state index contributed by atoms with van der Waals surface area (Å²) in [7, 11) is 0. The predicted octanol–water partition coefficient (Wildman–Crippen LogP) is 2.35. The van der Waals surface area contributed by atoms with Gasteiger partial charge < -0.3 is 14.9 Å². The Bertz CT molecular complexity index is 592. The van der Waals surface area contributed by atoms with E-state index in [1.54, 1.807) is 6.92 Å². The molecule has 0 radical (unpaired) electrons. The third kappa shape index (κ3) is 4.16. The van der Waals surface area contributed by atoms with Crippen LogP contribution in [0.15, 0.2) is 54.6 Å². The van der Waals surface area contributed by atoms with Crippen LogP contribution in [0.3, 0.4) is 0 Å². The summed E-state index contributed by atoms with van der Waals surface area (Å²) in [6, 6.07) is 17.7. The Labute approximate surface area is 130 Å². The molecule has 116 valence electrons. The average molecular weight is 300 g/mol. The minimum atomic E-state index is -1.03. The zero-order valence-corrected chi connectivity index (χ0v) is 12.5. The summed E-state index contributed by atoms with van der Waals surface area (Å²) >= 11 is 0. The summed E-state index contributed by atoms with van der Waals surface area (Å²) in [6.45, 7) is 1.14. The highest BCUT2D eigenvalue weighted by Gasteiger charge is 2.18. The quantitative estimate of drug-likeness (QED) is 0.804. The van der Waals surface area contributed by atoms with Crippen LogP contribution in [0, 0.1) is 0 Å². The molecule has 0 aromatic heterocycles. The highest BCUT2D eigenvalue weighted by Crippen LogP contribution is 2.23. The standard InChI is InChI=1S/C18H20O4/c1-13(18(21)22-12-17(20)11-19)14-7-9-16(10-8-14)15-5-3-2-4-6-15/h2-10,13,17,19-20H,11-12H2,1H3/t13-,17-/m1/s1. The van der Waals surface area contributed by atoms with Gasteiger partial charge in [-0.1, -0.05) is 54.6 Å². The van der Waals surface area contributed by atoms with Crippen molar-refractivity contribution < 1.29 is 19.7 Å². The largest absolute Gasteiger partial charge is 0.462 e. The molecule has 0 heterocycles. The molecule has 22 heavy (non-hydrogen) atoms. The van der Waals surface area contributed by atoms with Crippen molar-refractivity contribution in [3.05, 3.63) is 60.2 Å². The molecule has 2 rings (SSSR count). The molecule has 4 heteroatoms. The van der Waals surface area contributed by atoms with Gasteiger partial charge >= 0.3 is 5.97 Å². The molecular weight excluding hydrogens is 280 g/mol. The molecular formula is C18H20O4. The molecule has 2 atom stereocenters. The van der Waals surface area contributed by atoms with E-state index in [2.05, 4.69) is 0 Å². The highest BCUT2D eigenvalue weighted by molar-refractivity contribution is 5.78. The second-order valence-electron chi connectivity index (χ2n) is 5.18. The number of rotatable bonds is 6. The van der Waals surface area contributed by atoms with E-state index < -0.39 is 24.6 Å². The number of aliphatic hydroxyl groups is 2. The minimum absolute atomic E-state index is 0.193. The summed E-state index contributed by atoms with van der Waals surface area (Å²) in [6.07, 6.45) is -1.03. The number of esters is 1. The molecule has 0 saturated heterocycles. The van der Waals surface area contributed by atoms with Gasteiger partial charge in [0.2, 0.25) is 0 Å². The van der Waals surface area contributed by atoms with Gasteiger partial charge in [0.25, 0.3) is 0 Å². The van der Waals surface area contributed by atoms with Gasteiger partial charge in [-0.05, 0) is 23.6 Å². The van der Waals surface area contributed by atoms with Crippen molar-refractivity contribution in [1.29, 1.82) is 0 Å². The van der Waals surface area contributed by atoms with Crippen molar-refractivity contribution in [2.24, 2.45) is 0 Å². The molecule has 0 aliphatic heterocycles. The van der Waals surface area contributed by atoms with Crippen LogP contribution in [0.1, 0.15) is 18.4 Å². The molecule has 0 amide bonds. The lowest BCUT2D eigenvalue weighted by molar-refractivity contribution is -0.148. The van der Waals surface area contributed by atoms with Gasteiger partial charge in [0.1, 0.15) is 12.7 Å². The van der Waals surface area contributed by atoms with E-state index in [-0.39, 0.29) is 6.61 Å². The maximum absolute atomic E-state index is 11.9. The first-order chi connectivity index (χ1) is 10.6. The van der Waals surface area contributed by atoms with E-state index >= 15 is 0 Å². The van der Waals surface area contributed by atoms with E-state index in [1.807, 2.05) is 54.6 Å². The Balaban J connectivity index is 2.02. The number of benzene rings is 2. The summed E-state index contributed by atoms with van der Waals surface area (Å²) in [5, 5.41) is 17.9. The first kappa shape index (κ1) is 16.2. The normalized spacial score (nSPS) is 13.4. The van der Waals surface area contributed by atoms with Gasteiger partial charge in [0, 0.05) is 0 Å². The Morgan fingerprint density at radius 3 is 2.23 bits per heavy atom. The monoisotopic (exact) mass is 300 g/mol. The zero-order valence-electron chi connectivity index (χ0n) is 12.5. The Morgan fingerprint density at radius 2 is 1.64 bits per heavy atom. The molecule has 0 spiro atoms. The van der Waals surface area contributed by atoms with Gasteiger partial charge in [-0.3, -0.25) is 4.79 Å². The van der Waals surface area contributed by atoms with E-state index in [0.717, 1.165) is 16.7 Å². The topological polar surface area (TPSA) is 66.8 Å². The van der Waals surface area contributed by atoms with Crippen LogP contribution in [0.25, 0.3) is 11.1 Å². The lowest BCUT2D eigenvalue weighted by Crippen LogP contribution is -2.24. The van der Waals surface area contributed by atoms with E-state index in [9.17, 15) is 9.90 Å². The highest BCUT2D eigenvalue weighted by atomic mass is 16.5. The maximum Gasteiger partial charge on any atom is 0.313 e. The molecule has 0 fully saturated rings. The Hall–Kier alpha value is -2.17. The number of carbonyl (C=O) groups excluding carboxylic acids is 1. The summed E-state index contributed by atoms with van der Waals surface area (Å²) in [5.74, 6) is -0.837. The number of aliphatic hydroxyl groups excluding tert-OH is 2. The van der Waals surface area contributed by atoms with Crippen LogP contribution in [0.2, 0.25) is 0 Å². The smallest absolute Gasteiger partial charge is 0.313 e. The minimum Gasteiger partial charge on any atom is -0.462 e. The van der Waals surface area contributed by atoms with Crippen LogP contribution in [-0.2, 0) is 9.53 Å². The van der Waals surface area contributed by atoms with Crippen LogP contribution in [0.5, 0.6) is 0 Å². The molecule has 2 N–H and O–H groups in total. The van der Waals surface area contributed by atoms with E-state index in [0.29, 0.717) is 0 Å². The van der Waals surface area contributed by atoms with Crippen LogP contribution < -0.4 is 0 Å². The fourth-order valence-corrected chi connectivity index (χ4v) is 2.09. The van der Waals surface area contributed by atoms with Crippen molar-refractivity contribution in [3.63, 3.8) is 0 Å². The Kier molecular flexibility index (Phi) is 5.69. The van der Waals surface area contributed by atoms with Crippen molar-refractivity contribution in [3.8, 4) is 11.1 Å². The number of ether oxygens (including phenoxy) is 1. The van der Waals surface area contributed by atoms with Crippen molar-refractivity contribution in [2.45, 2.75) is 18.9 Å². The summed E-state index contributed by atoms with van der Waals surface area (Å²) in [4.78, 5) is 11.9. The second kappa shape index (κ2) is 7.73. The van der Waals surface area contributed by atoms with Gasteiger partial charge in [-0.2, -0.15) is 0 Å². The lowest BCUT2D eigenvalue weighted by Gasteiger charge is -2.14. The number of hydrogen-bond acceptors (Lipinski definition) is 4. The summed E-state index contributed by atoms with van der Waals surface area (Å²) in [5.41, 5.74) is 3.05. The summed E-state index contributed by atoms with van der Waals surface area (Å²) < 4.78 is 4.98. The molecule has 4 nitrogen and oxygen atoms in total. The molecule has 2 aromatic rings. The third-order valence-electron chi connectivity index (χ3n) is 3.50. The third-order valence-corrected chi connectivity index (χ3v) is 3.50. The van der Waals surface area contributed by atoms with Crippen LogP contribution in [-0.4, -0.2) is 35.5 Å². The van der Waals surface area contributed by atoms with Crippen molar-refractivity contribution in [1.82, 2.24) is 0 Å². The maximum atomic E-state index is 11.9. The predicted molar refractivity (Wildman–Crippen MR) is 84.3 cm³/mol. The van der Waals surface area contributed by atoms with Gasteiger partial charge in [-0.25, -0.2) is 0 Å². The molecule has 0 unspecified atom stereocenters. The zero-order chi connectivity index (χ0) is 15.9. The first-order valence-corrected chi connectivity index (χ1v) is 7.22. The van der Waals surface area contributed by atoms with Crippen molar-refractivity contribution >= 4 is 5.97 Å². The fraction of sp³-hybridized carbons (Fsp3) is 0.278. The second-order valence-corrected chi connectivity index (χ2v) is 5.18. The number of carbonyl (C=O) groups is 1. The van der Waals surface area contributed by atoms with Crippen LogP contribution in [0.4, 0.5) is 0 Å². The first-order valence-electron chi connectivity index (χ1n) is 7.22. The molecule has 0 aliphatic carbocycles. The van der Waals surface area contributed by atoms with Gasteiger partial charge in [0.05, 0.1) is 12.5 Å². The molecule has 2 aromatic carbocycles. The van der Waals surface area contributed by atoms with Crippen molar-refractivity contribution in [2.75, 3.05) is 13.2 Å². The van der Waals surface area contributed by atoms with E-state index in [1.165, 1.54) is 0 Å². The van der Waals surface area contributed by atoms with E-state index in [4.69, 9.17) is 9.84 Å². The molecule has 0 saturated carbocycles. The lowest BCUT2D eigenvalue weighted by atomic mass is 9.97. The van der Waals surface area contributed by atoms with Gasteiger partial charge in [0.15, 0.2) is 0 Å².